The summed E-state index contributed by atoms with van der Waals surface area (Å²) < 4.78 is 101. The van der Waals surface area contributed by atoms with Crippen LogP contribution in [-0.4, -0.2) is 41.0 Å². The van der Waals surface area contributed by atoms with Gasteiger partial charge in [-0.1, -0.05) is 18.2 Å². The fraction of sp³-hybridized carbons (Fsp3) is 0.500. The van der Waals surface area contributed by atoms with Crippen LogP contribution >= 0.6 is 0 Å². The molecule has 5 nitrogen and oxygen atoms in total. The van der Waals surface area contributed by atoms with Crippen molar-refractivity contribution in [3.8, 4) is 0 Å². The number of hydrogen-bond acceptors (Lipinski definition) is 4. The summed E-state index contributed by atoms with van der Waals surface area (Å²) in [5.41, 5.74) is 0.650. The van der Waals surface area contributed by atoms with Crippen LogP contribution in [0.15, 0.2) is 24.4 Å². The number of nitrogens with zero attached hydrogens (tertiary/aromatic N) is 2. The maximum atomic E-state index is 12.9. The highest BCUT2D eigenvalue weighted by Gasteiger charge is 2.38. The number of aromatic nitrogens is 2. The van der Waals surface area contributed by atoms with Crippen molar-refractivity contribution >= 4 is 9.84 Å². The number of sulfone groups is 1. The van der Waals surface area contributed by atoms with E-state index in [-0.39, 0.29) is 18.5 Å². The molecule has 1 heterocycles. The van der Waals surface area contributed by atoms with Crippen LogP contribution in [0.3, 0.4) is 0 Å². The first-order chi connectivity index (χ1) is 13.8. The summed E-state index contributed by atoms with van der Waals surface area (Å²) in [5, 5.41) is 12.6. The van der Waals surface area contributed by atoms with E-state index >= 15 is 0 Å². The van der Waals surface area contributed by atoms with Crippen molar-refractivity contribution in [2.24, 2.45) is 5.92 Å². The molecule has 1 aliphatic carbocycles. The highest BCUT2D eigenvalue weighted by atomic mass is 32.2. The molecule has 0 amide bonds. The van der Waals surface area contributed by atoms with Gasteiger partial charge in [0.15, 0.2) is 15.5 Å². The maximum Gasteiger partial charge on any atom is 0.435 e. The Balaban J connectivity index is 1.71. The largest absolute Gasteiger partial charge is 0.435 e. The Morgan fingerprint density at radius 3 is 2.33 bits per heavy atom. The van der Waals surface area contributed by atoms with Crippen LogP contribution in [-0.2, 0) is 42.0 Å². The third kappa shape index (κ3) is 5.54. The van der Waals surface area contributed by atoms with Crippen LogP contribution in [0.5, 0.6) is 0 Å². The summed E-state index contributed by atoms with van der Waals surface area (Å²) in [7, 11) is -4.29. The zero-order valence-electron chi connectivity index (χ0n) is 15.5. The van der Waals surface area contributed by atoms with Gasteiger partial charge in [0.05, 0.1) is 18.9 Å². The first-order valence-corrected chi connectivity index (χ1v) is 10.7. The first kappa shape index (κ1) is 22.6. The van der Waals surface area contributed by atoms with Crippen LogP contribution in [0.25, 0.3) is 0 Å². The van der Waals surface area contributed by atoms with Crippen LogP contribution in [0.1, 0.15) is 27.9 Å². The number of aliphatic hydroxyl groups is 1. The minimum Gasteiger partial charge on any atom is -0.392 e. The number of hydrogen-bond donors (Lipinski definition) is 1. The second-order valence-corrected chi connectivity index (χ2v) is 9.51. The van der Waals surface area contributed by atoms with Crippen LogP contribution in [0.2, 0.25) is 0 Å². The van der Waals surface area contributed by atoms with E-state index in [9.17, 15) is 34.8 Å². The molecular formula is C18H18F6N2O3S. The molecule has 0 spiro atoms. The Hall–Kier alpha value is -2.08. The average molecular weight is 456 g/mol. The Kier molecular flexibility index (Phi) is 5.93. The van der Waals surface area contributed by atoms with Gasteiger partial charge in [0.25, 0.3) is 0 Å². The summed E-state index contributed by atoms with van der Waals surface area (Å²) in [6.45, 7) is -0.819. The van der Waals surface area contributed by atoms with Crippen molar-refractivity contribution in [1.29, 1.82) is 0 Å². The van der Waals surface area contributed by atoms with Crippen molar-refractivity contribution < 1.29 is 39.9 Å². The zero-order chi connectivity index (χ0) is 22.3. The molecule has 1 aromatic heterocycles. The molecule has 0 bridgehead atoms. The van der Waals surface area contributed by atoms with Crippen LogP contribution < -0.4 is 0 Å². The van der Waals surface area contributed by atoms with E-state index in [0.29, 0.717) is 12.0 Å². The molecule has 1 N–H and O–H groups in total. The lowest BCUT2D eigenvalue weighted by molar-refractivity contribution is -0.142. The Morgan fingerprint density at radius 1 is 1.10 bits per heavy atom. The second kappa shape index (κ2) is 7.88. The fourth-order valence-electron chi connectivity index (χ4n) is 3.73. The van der Waals surface area contributed by atoms with Gasteiger partial charge in [-0.3, -0.25) is 4.68 Å². The number of aliphatic hydroxyl groups excluding tert-OH is 1. The molecule has 2 aromatic rings. The Bertz CT molecular complexity index is 1030. The predicted octanol–water partition coefficient (Wildman–Crippen LogP) is 3.13. The highest BCUT2D eigenvalue weighted by Crippen LogP contribution is 2.32. The standard InChI is InChI=1S/C18H18F6N2O3S/c19-17(20,21)10-30(28,29)9-12-4-13-2-1-11(3-14(13)5-12)6-26-7-15(8-27)16(25-26)18(22,23)24/h1-3,7,12,27H,4-6,8-10H2/t12-/m0/s1. The molecule has 0 fully saturated rings. The summed E-state index contributed by atoms with van der Waals surface area (Å²) in [5.74, 6) is -2.92. The number of rotatable bonds is 6. The highest BCUT2D eigenvalue weighted by molar-refractivity contribution is 7.91. The maximum absolute atomic E-state index is 12.9. The van der Waals surface area contributed by atoms with Gasteiger partial charge in [-0.05, 0) is 35.4 Å². The molecule has 0 radical (unpaired) electrons. The van der Waals surface area contributed by atoms with Gasteiger partial charge in [-0.25, -0.2) is 8.42 Å². The smallest absolute Gasteiger partial charge is 0.392 e. The normalized spacial score (nSPS) is 17.4. The third-order valence-corrected chi connectivity index (χ3v) is 6.53. The Morgan fingerprint density at radius 2 is 1.77 bits per heavy atom. The third-order valence-electron chi connectivity index (χ3n) is 4.78. The molecule has 1 aromatic carbocycles. The minimum absolute atomic E-state index is 0.00655. The molecule has 1 atom stereocenters. The second-order valence-electron chi connectivity index (χ2n) is 7.40. The van der Waals surface area contributed by atoms with E-state index in [0.717, 1.165) is 22.0 Å². The van der Waals surface area contributed by atoms with Crippen LogP contribution in [0, 0.1) is 5.92 Å². The van der Waals surface area contributed by atoms with Crippen molar-refractivity contribution in [2.75, 3.05) is 11.5 Å². The molecule has 3 rings (SSSR count). The fourth-order valence-corrected chi connectivity index (χ4v) is 5.30. The molecule has 0 saturated carbocycles. The summed E-state index contributed by atoms with van der Waals surface area (Å²) >= 11 is 0. The van der Waals surface area contributed by atoms with Gasteiger partial charge in [0, 0.05) is 11.8 Å². The number of benzene rings is 1. The van der Waals surface area contributed by atoms with Crippen molar-refractivity contribution in [2.45, 2.75) is 38.3 Å². The van der Waals surface area contributed by atoms with Crippen molar-refractivity contribution in [3.05, 3.63) is 52.3 Å². The van der Waals surface area contributed by atoms with Gasteiger partial charge >= 0.3 is 12.4 Å². The number of alkyl halides is 6. The van der Waals surface area contributed by atoms with Crippen molar-refractivity contribution in [3.63, 3.8) is 0 Å². The summed E-state index contributed by atoms with van der Waals surface area (Å²) in [4.78, 5) is 0. The number of fused-ring (bicyclic) bond motifs is 1. The van der Waals surface area contributed by atoms with Gasteiger partial charge in [-0.15, -0.1) is 0 Å². The predicted molar refractivity (Wildman–Crippen MR) is 94.3 cm³/mol. The monoisotopic (exact) mass is 456 g/mol. The first-order valence-electron chi connectivity index (χ1n) is 8.88. The van der Waals surface area contributed by atoms with E-state index in [2.05, 4.69) is 5.10 Å². The SMILES string of the molecule is O=S(=O)(C[C@H]1Cc2ccc(Cn3cc(CO)c(C(F)(F)F)n3)cc2C1)CC(F)(F)F. The molecule has 1 aliphatic rings. The summed E-state index contributed by atoms with van der Waals surface area (Å²) in [6, 6.07) is 5.04. The van der Waals surface area contributed by atoms with Crippen molar-refractivity contribution in [1.82, 2.24) is 9.78 Å². The Labute approximate surface area is 168 Å². The molecule has 12 heteroatoms. The van der Waals surface area contributed by atoms with E-state index in [1.165, 1.54) is 0 Å². The van der Waals surface area contributed by atoms with Gasteiger partial charge in [0.1, 0.15) is 5.75 Å². The molecule has 166 valence electrons. The van der Waals surface area contributed by atoms with Crippen LogP contribution in [0.4, 0.5) is 26.3 Å². The molecule has 30 heavy (non-hydrogen) atoms. The minimum atomic E-state index is -4.79. The quantitative estimate of drug-likeness (QED) is 0.678. The van der Waals surface area contributed by atoms with Gasteiger partial charge in [0.2, 0.25) is 0 Å². The zero-order valence-corrected chi connectivity index (χ0v) is 16.3. The topological polar surface area (TPSA) is 72.2 Å². The van der Waals surface area contributed by atoms with E-state index < -0.39 is 51.9 Å². The average Bonchev–Trinajstić information content (AvgIpc) is 3.14. The number of halogens is 6. The lowest BCUT2D eigenvalue weighted by Crippen LogP contribution is -2.28. The molecule has 0 saturated heterocycles. The van der Waals surface area contributed by atoms with E-state index in [1.54, 1.807) is 18.2 Å². The molecular weight excluding hydrogens is 438 g/mol. The molecule has 0 unspecified atom stereocenters. The summed E-state index contributed by atoms with van der Waals surface area (Å²) in [6.07, 6.45) is -7.79. The van der Waals surface area contributed by atoms with E-state index in [4.69, 9.17) is 5.11 Å². The van der Waals surface area contributed by atoms with Gasteiger partial charge < -0.3 is 5.11 Å². The molecule has 0 aliphatic heterocycles. The van der Waals surface area contributed by atoms with E-state index in [1.807, 2.05) is 0 Å². The van der Waals surface area contributed by atoms with Gasteiger partial charge in [-0.2, -0.15) is 31.4 Å². The lowest BCUT2D eigenvalue weighted by atomic mass is 10.1. The lowest BCUT2D eigenvalue weighted by Gasteiger charge is -2.11.